The topological polar surface area (TPSA) is 70.6 Å². The number of aromatic nitrogens is 2. The van der Waals surface area contributed by atoms with Crippen LogP contribution in [0.4, 0.5) is 10.1 Å². The second-order valence-corrected chi connectivity index (χ2v) is 7.45. The maximum absolute atomic E-state index is 14.8. The standard InChI is InChI=1S/C22H25FN4O3/c1-30-20-9-5-4-8-19(20)26-12-10-25(11-13-26)14-16(23)15-27-21(28)17-6-2-3-7-18(17)24-22(27)29/h2-9,16H,10-15H2,1H3,(H,24,29). The third-order valence-electron chi connectivity index (χ3n) is 5.52. The largest absolute Gasteiger partial charge is 0.495 e. The number of ether oxygens (including phenoxy) is 1. The Hall–Kier alpha value is -3.13. The molecule has 3 aromatic rings. The minimum absolute atomic E-state index is 0.179. The lowest BCUT2D eigenvalue weighted by Gasteiger charge is -2.37. The molecule has 2 heterocycles. The molecule has 1 saturated heterocycles. The first-order valence-corrected chi connectivity index (χ1v) is 10.0. The average Bonchev–Trinajstić information content (AvgIpc) is 2.77. The van der Waals surface area contributed by atoms with E-state index in [1.54, 1.807) is 31.4 Å². The molecule has 0 bridgehead atoms. The average molecular weight is 412 g/mol. The second kappa shape index (κ2) is 8.71. The van der Waals surface area contributed by atoms with Gasteiger partial charge in [0.1, 0.15) is 11.9 Å². The number of hydrogen-bond acceptors (Lipinski definition) is 5. The maximum Gasteiger partial charge on any atom is 0.328 e. The first-order valence-electron chi connectivity index (χ1n) is 10.0. The summed E-state index contributed by atoms with van der Waals surface area (Å²) >= 11 is 0. The highest BCUT2D eigenvalue weighted by molar-refractivity contribution is 5.76. The molecule has 0 spiro atoms. The van der Waals surface area contributed by atoms with Gasteiger partial charge in [-0.1, -0.05) is 24.3 Å². The van der Waals surface area contributed by atoms with Gasteiger partial charge in [0, 0.05) is 32.7 Å². The molecule has 1 atom stereocenters. The lowest BCUT2D eigenvalue weighted by atomic mass is 10.2. The van der Waals surface area contributed by atoms with Gasteiger partial charge in [-0.2, -0.15) is 0 Å². The highest BCUT2D eigenvalue weighted by atomic mass is 19.1. The van der Waals surface area contributed by atoms with Gasteiger partial charge in [0.15, 0.2) is 0 Å². The van der Waals surface area contributed by atoms with Crippen LogP contribution in [0, 0.1) is 0 Å². The number of aromatic amines is 1. The molecular formula is C22H25FN4O3. The molecule has 1 aliphatic rings. The molecule has 8 heteroatoms. The number of nitrogens with zero attached hydrogens (tertiary/aromatic N) is 3. The molecule has 0 radical (unpaired) electrons. The van der Waals surface area contributed by atoms with Crippen LogP contribution in [0.1, 0.15) is 0 Å². The van der Waals surface area contributed by atoms with Crippen molar-refractivity contribution >= 4 is 16.6 Å². The van der Waals surface area contributed by atoms with Crippen LogP contribution < -0.4 is 20.9 Å². The van der Waals surface area contributed by atoms with E-state index < -0.39 is 17.4 Å². The third kappa shape index (κ3) is 4.09. The molecule has 1 unspecified atom stereocenters. The molecular weight excluding hydrogens is 387 g/mol. The van der Waals surface area contributed by atoms with E-state index in [1.165, 1.54) is 0 Å². The van der Waals surface area contributed by atoms with Gasteiger partial charge in [0.05, 0.1) is 30.2 Å². The number of nitrogens with one attached hydrogen (secondary N) is 1. The Morgan fingerprint density at radius 2 is 1.70 bits per heavy atom. The van der Waals surface area contributed by atoms with Crippen molar-refractivity contribution in [3.63, 3.8) is 0 Å². The Kier molecular flexibility index (Phi) is 5.85. The highest BCUT2D eigenvalue weighted by Gasteiger charge is 2.23. The predicted octanol–water partition coefficient (Wildman–Crippen LogP) is 1.86. The number of fused-ring (bicyclic) bond motifs is 1. The summed E-state index contributed by atoms with van der Waals surface area (Å²) in [6.07, 6.45) is -1.32. The fourth-order valence-electron chi connectivity index (χ4n) is 3.96. The van der Waals surface area contributed by atoms with Crippen molar-refractivity contribution in [3.8, 4) is 5.75 Å². The number of benzene rings is 2. The molecule has 1 aromatic heterocycles. The number of halogens is 1. The molecule has 1 fully saturated rings. The normalized spacial score (nSPS) is 16.0. The molecule has 0 saturated carbocycles. The monoisotopic (exact) mass is 412 g/mol. The number of methoxy groups -OCH3 is 1. The van der Waals surface area contributed by atoms with E-state index >= 15 is 0 Å². The lowest BCUT2D eigenvalue weighted by molar-refractivity contribution is 0.167. The van der Waals surface area contributed by atoms with Crippen molar-refractivity contribution in [2.24, 2.45) is 0 Å². The van der Waals surface area contributed by atoms with Gasteiger partial charge < -0.3 is 14.6 Å². The molecule has 4 rings (SSSR count). The van der Waals surface area contributed by atoms with Gasteiger partial charge in [-0.15, -0.1) is 0 Å². The van der Waals surface area contributed by atoms with E-state index in [4.69, 9.17) is 4.74 Å². The van der Waals surface area contributed by atoms with Gasteiger partial charge in [-0.25, -0.2) is 9.18 Å². The van der Waals surface area contributed by atoms with Crippen LogP contribution in [0.25, 0.3) is 10.9 Å². The SMILES string of the molecule is COc1ccccc1N1CCN(CC(F)Cn2c(=O)[nH]c3ccccc3c2=O)CC1. The zero-order valence-electron chi connectivity index (χ0n) is 16.9. The Morgan fingerprint density at radius 1 is 1.00 bits per heavy atom. The number of alkyl halides is 1. The van der Waals surface area contributed by atoms with Crippen LogP contribution in [-0.4, -0.2) is 60.5 Å². The minimum Gasteiger partial charge on any atom is -0.495 e. The van der Waals surface area contributed by atoms with Gasteiger partial charge in [-0.3, -0.25) is 14.3 Å². The van der Waals surface area contributed by atoms with Gasteiger partial charge in [0.2, 0.25) is 0 Å². The van der Waals surface area contributed by atoms with Gasteiger partial charge in [-0.05, 0) is 24.3 Å². The van der Waals surface area contributed by atoms with Gasteiger partial charge in [0.25, 0.3) is 5.56 Å². The molecule has 0 amide bonds. The Labute approximate surface area is 173 Å². The Morgan fingerprint density at radius 3 is 2.47 bits per heavy atom. The number of piperazine rings is 1. The zero-order chi connectivity index (χ0) is 21.1. The van der Waals surface area contributed by atoms with Crippen molar-refractivity contribution in [2.75, 3.05) is 44.7 Å². The van der Waals surface area contributed by atoms with E-state index in [2.05, 4.69) is 9.88 Å². The van der Waals surface area contributed by atoms with Crippen LogP contribution in [0.3, 0.4) is 0 Å². The first-order chi connectivity index (χ1) is 14.6. The van der Waals surface area contributed by atoms with Crippen molar-refractivity contribution in [3.05, 3.63) is 69.4 Å². The second-order valence-electron chi connectivity index (χ2n) is 7.45. The summed E-state index contributed by atoms with van der Waals surface area (Å²) in [7, 11) is 1.65. The van der Waals surface area contributed by atoms with Crippen molar-refractivity contribution < 1.29 is 9.13 Å². The molecule has 1 aliphatic heterocycles. The molecule has 1 N–H and O–H groups in total. The Bertz CT molecular complexity index is 1130. The summed E-state index contributed by atoms with van der Waals surface area (Å²) in [5.74, 6) is 0.823. The molecule has 30 heavy (non-hydrogen) atoms. The predicted molar refractivity (Wildman–Crippen MR) is 115 cm³/mol. The molecule has 7 nitrogen and oxygen atoms in total. The zero-order valence-corrected chi connectivity index (χ0v) is 16.9. The van der Waals surface area contributed by atoms with Crippen LogP contribution in [-0.2, 0) is 6.54 Å². The summed E-state index contributed by atoms with van der Waals surface area (Å²) in [6.45, 7) is 2.82. The highest BCUT2D eigenvalue weighted by Crippen LogP contribution is 2.28. The molecule has 0 aliphatic carbocycles. The Balaban J connectivity index is 1.39. The number of rotatable bonds is 6. The smallest absolute Gasteiger partial charge is 0.328 e. The van der Waals surface area contributed by atoms with E-state index in [1.807, 2.05) is 29.2 Å². The summed E-state index contributed by atoms with van der Waals surface area (Å²) in [6, 6.07) is 14.6. The summed E-state index contributed by atoms with van der Waals surface area (Å²) < 4.78 is 21.2. The van der Waals surface area contributed by atoms with Crippen LogP contribution in [0.5, 0.6) is 5.75 Å². The quantitative estimate of drug-likeness (QED) is 0.669. The fraction of sp³-hybridized carbons (Fsp3) is 0.364. The van der Waals surface area contributed by atoms with Crippen LogP contribution >= 0.6 is 0 Å². The van der Waals surface area contributed by atoms with E-state index in [0.29, 0.717) is 24.0 Å². The van der Waals surface area contributed by atoms with E-state index in [-0.39, 0.29) is 13.1 Å². The third-order valence-corrected chi connectivity index (χ3v) is 5.52. The van der Waals surface area contributed by atoms with Crippen molar-refractivity contribution in [2.45, 2.75) is 12.7 Å². The molecule has 158 valence electrons. The van der Waals surface area contributed by atoms with Crippen LogP contribution in [0.15, 0.2) is 58.1 Å². The fourth-order valence-corrected chi connectivity index (χ4v) is 3.96. The summed E-state index contributed by atoms with van der Waals surface area (Å²) in [4.78, 5) is 31.7. The number of hydrogen-bond donors (Lipinski definition) is 1. The van der Waals surface area contributed by atoms with Crippen molar-refractivity contribution in [1.82, 2.24) is 14.5 Å². The summed E-state index contributed by atoms with van der Waals surface area (Å²) in [5, 5.41) is 0.384. The first kappa shape index (κ1) is 20.2. The van der Waals surface area contributed by atoms with Crippen LogP contribution in [0.2, 0.25) is 0 Å². The number of anilines is 1. The minimum atomic E-state index is -1.32. The van der Waals surface area contributed by atoms with E-state index in [9.17, 15) is 14.0 Å². The number of H-pyrrole nitrogens is 1. The number of para-hydroxylation sites is 3. The van der Waals surface area contributed by atoms with Crippen molar-refractivity contribution in [1.29, 1.82) is 0 Å². The molecule has 2 aromatic carbocycles. The summed E-state index contributed by atoms with van der Waals surface area (Å²) in [5.41, 5.74) is 0.456. The maximum atomic E-state index is 14.8. The van der Waals surface area contributed by atoms with E-state index in [0.717, 1.165) is 29.1 Å². The lowest BCUT2D eigenvalue weighted by Crippen LogP contribution is -2.49. The van der Waals surface area contributed by atoms with Gasteiger partial charge >= 0.3 is 5.69 Å².